The highest BCUT2D eigenvalue weighted by molar-refractivity contribution is 6.31. The van der Waals surface area contributed by atoms with Crippen LogP contribution in [0.5, 0.6) is 0 Å². The number of hydrogen-bond acceptors (Lipinski definition) is 4. The van der Waals surface area contributed by atoms with Gasteiger partial charge in [-0.25, -0.2) is 14.5 Å². The van der Waals surface area contributed by atoms with Crippen LogP contribution in [-0.4, -0.2) is 29.4 Å². The number of alkyl halides is 3. The number of nitrogens with zero attached hydrogens (tertiary/aromatic N) is 6. The van der Waals surface area contributed by atoms with E-state index in [1.54, 1.807) is 6.92 Å². The van der Waals surface area contributed by atoms with Crippen LogP contribution in [0.4, 0.5) is 13.2 Å². The number of hydrogen-bond donors (Lipinski definition) is 0. The second-order valence-electron chi connectivity index (χ2n) is 5.87. The van der Waals surface area contributed by atoms with Crippen molar-refractivity contribution in [2.75, 3.05) is 0 Å². The lowest BCUT2D eigenvalue weighted by Gasteiger charge is -2.10. The molecule has 1 unspecified atom stereocenters. The highest BCUT2D eigenvalue weighted by Gasteiger charge is 2.39. The average molecular weight is 381 g/mol. The van der Waals surface area contributed by atoms with Crippen molar-refractivity contribution in [3.63, 3.8) is 0 Å². The summed E-state index contributed by atoms with van der Waals surface area (Å²) in [4.78, 5) is 8.78. The molecule has 0 spiro atoms. The number of rotatable bonds is 2. The molecule has 0 amide bonds. The summed E-state index contributed by atoms with van der Waals surface area (Å²) in [7, 11) is 0. The monoisotopic (exact) mass is 380 g/mol. The number of halogens is 4. The molecular weight excluding hydrogens is 369 g/mol. The van der Waals surface area contributed by atoms with E-state index >= 15 is 0 Å². The summed E-state index contributed by atoms with van der Waals surface area (Å²) in [6, 6.07) is 6.79. The van der Waals surface area contributed by atoms with Crippen LogP contribution in [0.3, 0.4) is 0 Å². The van der Waals surface area contributed by atoms with Gasteiger partial charge in [0.15, 0.2) is 17.2 Å². The molecule has 0 aliphatic heterocycles. The Balaban J connectivity index is 1.84. The summed E-state index contributed by atoms with van der Waals surface area (Å²) < 4.78 is 41.8. The first-order valence-corrected chi connectivity index (χ1v) is 8.07. The van der Waals surface area contributed by atoms with E-state index in [9.17, 15) is 13.2 Å². The van der Waals surface area contributed by atoms with Crippen LogP contribution < -0.4 is 0 Å². The van der Waals surface area contributed by atoms with Crippen molar-refractivity contribution in [2.24, 2.45) is 0 Å². The molecule has 4 aromatic rings. The molecule has 0 saturated carbocycles. The molecule has 1 atom stereocenters. The van der Waals surface area contributed by atoms with Crippen LogP contribution >= 0.6 is 11.6 Å². The second kappa shape index (κ2) is 5.66. The summed E-state index contributed by atoms with van der Waals surface area (Å²) in [5.41, 5.74) is 0.418. The van der Waals surface area contributed by atoms with Gasteiger partial charge in [-0.05, 0) is 26.0 Å². The molecule has 0 bridgehead atoms. The zero-order chi connectivity index (χ0) is 18.6. The molecule has 0 N–H and O–H groups in total. The van der Waals surface area contributed by atoms with Gasteiger partial charge in [0.05, 0.1) is 16.2 Å². The molecule has 1 aromatic carbocycles. The molecule has 0 aliphatic carbocycles. The Hall–Kier alpha value is -2.68. The minimum atomic E-state index is -4.63. The highest BCUT2D eigenvalue weighted by atomic mass is 35.5. The van der Waals surface area contributed by atoms with Crippen molar-refractivity contribution in [1.82, 2.24) is 29.4 Å². The lowest BCUT2D eigenvalue weighted by Crippen LogP contribution is -2.14. The standard InChI is InChI=1S/C16H12ClF3N6/c1-8-12(17)13(16(18,19)20)23-26(8)9(2)14-22-15-10-5-3-4-6-11(10)21-7-25(15)24-14/h3-7,9H,1-2H3. The van der Waals surface area contributed by atoms with Crippen LogP contribution in [0.15, 0.2) is 30.6 Å². The quantitative estimate of drug-likeness (QED) is 0.526. The van der Waals surface area contributed by atoms with Crippen LogP contribution in [0, 0.1) is 6.92 Å². The Bertz CT molecular complexity index is 1130. The van der Waals surface area contributed by atoms with Crippen molar-refractivity contribution in [3.05, 3.63) is 52.8 Å². The van der Waals surface area contributed by atoms with Gasteiger partial charge >= 0.3 is 6.18 Å². The fraction of sp³-hybridized carbons (Fsp3) is 0.250. The second-order valence-corrected chi connectivity index (χ2v) is 6.24. The van der Waals surface area contributed by atoms with Crippen LogP contribution in [0.1, 0.15) is 30.2 Å². The molecule has 0 aliphatic rings. The maximum Gasteiger partial charge on any atom is 0.436 e. The largest absolute Gasteiger partial charge is 0.436 e. The Morgan fingerprint density at radius 2 is 1.88 bits per heavy atom. The predicted octanol–water partition coefficient (Wildman–Crippen LogP) is 4.06. The highest BCUT2D eigenvalue weighted by Crippen LogP contribution is 2.36. The maximum absolute atomic E-state index is 13.0. The maximum atomic E-state index is 13.0. The van der Waals surface area contributed by atoms with Gasteiger partial charge in [-0.1, -0.05) is 23.7 Å². The molecule has 3 aromatic heterocycles. The molecule has 6 nitrogen and oxygen atoms in total. The molecule has 4 rings (SSSR count). The van der Waals surface area contributed by atoms with Crippen molar-refractivity contribution in [1.29, 1.82) is 0 Å². The molecule has 134 valence electrons. The molecule has 26 heavy (non-hydrogen) atoms. The van der Waals surface area contributed by atoms with E-state index in [4.69, 9.17) is 11.6 Å². The van der Waals surface area contributed by atoms with E-state index in [0.29, 0.717) is 11.5 Å². The Kier molecular flexibility index (Phi) is 3.65. The van der Waals surface area contributed by atoms with Crippen molar-refractivity contribution in [2.45, 2.75) is 26.1 Å². The summed E-state index contributed by atoms with van der Waals surface area (Å²) >= 11 is 5.83. The molecule has 10 heteroatoms. The third-order valence-electron chi connectivity index (χ3n) is 4.18. The molecule has 3 heterocycles. The fourth-order valence-electron chi connectivity index (χ4n) is 2.84. The Morgan fingerprint density at radius 3 is 2.58 bits per heavy atom. The van der Waals surface area contributed by atoms with E-state index in [0.717, 1.165) is 10.9 Å². The van der Waals surface area contributed by atoms with E-state index in [-0.39, 0.29) is 5.69 Å². The lowest BCUT2D eigenvalue weighted by molar-refractivity contribution is -0.141. The summed E-state index contributed by atoms with van der Waals surface area (Å²) in [5, 5.41) is 8.37. The van der Waals surface area contributed by atoms with E-state index < -0.39 is 22.9 Å². The fourth-order valence-corrected chi connectivity index (χ4v) is 3.07. The molecule has 0 saturated heterocycles. The minimum Gasteiger partial charge on any atom is -0.257 e. The van der Waals surface area contributed by atoms with Gasteiger partial charge in [-0.3, -0.25) is 4.68 Å². The normalized spacial score (nSPS) is 13.6. The third-order valence-corrected chi connectivity index (χ3v) is 4.64. The number of aromatic nitrogens is 6. The number of para-hydroxylation sites is 1. The van der Waals surface area contributed by atoms with Gasteiger partial charge in [0.1, 0.15) is 12.4 Å². The SMILES string of the molecule is Cc1c(Cl)c(C(F)(F)F)nn1C(C)c1nc2c3ccccc3ncn2n1. The summed E-state index contributed by atoms with van der Waals surface area (Å²) in [6.45, 7) is 3.15. The van der Waals surface area contributed by atoms with Gasteiger partial charge in [0.25, 0.3) is 0 Å². The molecule has 0 fully saturated rings. The Morgan fingerprint density at radius 1 is 1.15 bits per heavy atom. The zero-order valence-electron chi connectivity index (χ0n) is 13.7. The van der Waals surface area contributed by atoms with Crippen molar-refractivity contribution in [3.8, 4) is 0 Å². The van der Waals surface area contributed by atoms with Crippen LogP contribution in [0.25, 0.3) is 16.6 Å². The van der Waals surface area contributed by atoms with Gasteiger partial charge in [-0.2, -0.15) is 18.3 Å². The minimum absolute atomic E-state index is 0.202. The molecular formula is C16H12ClF3N6. The first kappa shape index (κ1) is 16.8. The first-order chi connectivity index (χ1) is 12.3. The molecule has 0 radical (unpaired) electrons. The predicted molar refractivity (Wildman–Crippen MR) is 89.1 cm³/mol. The Labute approximate surface area is 150 Å². The van der Waals surface area contributed by atoms with Crippen molar-refractivity contribution >= 4 is 28.2 Å². The number of fused-ring (bicyclic) bond motifs is 3. The van der Waals surface area contributed by atoms with Gasteiger partial charge < -0.3 is 0 Å². The number of benzene rings is 1. The summed E-state index contributed by atoms with van der Waals surface area (Å²) in [6.07, 6.45) is -3.11. The smallest absolute Gasteiger partial charge is 0.257 e. The van der Waals surface area contributed by atoms with Crippen LogP contribution in [0.2, 0.25) is 5.02 Å². The van der Waals surface area contributed by atoms with E-state index in [1.807, 2.05) is 24.3 Å². The van der Waals surface area contributed by atoms with Gasteiger partial charge in [0, 0.05) is 5.39 Å². The van der Waals surface area contributed by atoms with Gasteiger partial charge in [-0.15, -0.1) is 5.10 Å². The van der Waals surface area contributed by atoms with Gasteiger partial charge in [0.2, 0.25) is 0 Å². The summed E-state index contributed by atoms with van der Waals surface area (Å²) in [5.74, 6) is 0.319. The van der Waals surface area contributed by atoms with E-state index in [1.165, 1.54) is 22.4 Å². The lowest BCUT2D eigenvalue weighted by atomic mass is 10.2. The average Bonchev–Trinajstić information content (AvgIpc) is 3.16. The van der Waals surface area contributed by atoms with Crippen LogP contribution in [-0.2, 0) is 6.18 Å². The first-order valence-electron chi connectivity index (χ1n) is 7.69. The van der Waals surface area contributed by atoms with Crippen molar-refractivity contribution < 1.29 is 13.2 Å². The third kappa shape index (κ3) is 2.50. The zero-order valence-corrected chi connectivity index (χ0v) is 14.4. The van der Waals surface area contributed by atoms with E-state index in [2.05, 4.69) is 20.2 Å². The topological polar surface area (TPSA) is 60.9 Å².